The molecule has 5 heteroatoms. The van der Waals surface area contributed by atoms with E-state index in [1.54, 1.807) is 13.2 Å². The number of likely N-dealkylation sites (tertiary alicyclic amines) is 2. The van der Waals surface area contributed by atoms with E-state index in [0.29, 0.717) is 30.3 Å². The Hall–Kier alpha value is -2.04. The Morgan fingerprint density at radius 2 is 2.00 bits per heavy atom. The molecule has 3 fully saturated rings. The van der Waals surface area contributed by atoms with Crippen LogP contribution in [0.2, 0.25) is 0 Å². The van der Waals surface area contributed by atoms with Gasteiger partial charge >= 0.3 is 0 Å². The number of rotatable bonds is 4. The van der Waals surface area contributed by atoms with Gasteiger partial charge in [0, 0.05) is 26.2 Å². The second kappa shape index (κ2) is 6.93. The number of carbonyl (C=O) groups excluding carboxylic acids is 2. The smallest absolute Gasteiger partial charge is 0.257 e. The summed E-state index contributed by atoms with van der Waals surface area (Å²) >= 11 is 0. The van der Waals surface area contributed by atoms with Crippen LogP contribution in [0.15, 0.2) is 24.3 Å². The summed E-state index contributed by atoms with van der Waals surface area (Å²) in [7, 11) is 1.58. The molecular formula is C21H28N2O3. The average molecular weight is 356 g/mol. The molecule has 0 N–H and O–H groups in total. The maximum absolute atomic E-state index is 13.2. The number of nitrogens with zero attached hydrogens (tertiary/aromatic N) is 2. The highest BCUT2D eigenvalue weighted by atomic mass is 16.5. The Bertz CT molecular complexity index is 700. The standard InChI is InChI=1S/C21H28N2O3/c1-26-18-9-3-2-8-17(18)19(24)23-13-11-21(15-23)10-5-12-22(20(21)25)14-16-6-4-7-16/h2-3,8-9,16H,4-7,10-15H2,1H3/t21-/m1/s1. The highest BCUT2D eigenvalue weighted by Gasteiger charge is 2.49. The predicted octanol–water partition coefficient (Wildman–Crippen LogP) is 2.95. The lowest BCUT2D eigenvalue weighted by molar-refractivity contribution is -0.146. The molecule has 0 radical (unpaired) electrons. The van der Waals surface area contributed by atoms with Crippen LogP contribution >= 0.6 is 0 Å². The van der Waals surface area contributed by atoms with Crippen LogP contribution in [0.25, 0.3) is 0 Å². The lowest BCUT2D eigenvalue weighted by atomic mass is 9.77. The van der Waals surface area contributed by atoms with Gasteiger partial charge in [-0.3, -0.25) is 9.59 Å². The lowest BCUT2D eigenvalue weighted by Gasteiger charge is -2.42. The first kappa shape index (κ1) is 17.4. The van der Waals surface area contributed by atoms with Gasteiger partial charge in [0.2, 0.25) is 5.91 Å². The molecule has 2 aliphatic heterocycles. The Labute approximate surface area is 155 Å². The number of benzene rings is 1. The van der Waals surface area contributed by atoms with Crippen LogP contribution < -0.4 is 4.74 Å². The molecule has 1 aliphatic carbocycles. The normalized spacial score (nSPS) is 26.3. The summed E-state index contributed by atoms with van der Waals surface area (Å²) in [6.45, 7) is 3.00. The molecule has 2 saturated heterocycles. The average Bonchev–Trinajstić information content (AvgIpc) is 3.06. The molecule has 140 valence electrons. The lowest BCUT2D eigenvalue weighted by Crippen LogP contribution is -2.52. The number of carbonyl (C=O) groups is 2. The molecule has 4 rings (SSSR count). The van der Waals surface area contributed by atoms with Gasteiger partial charge in [0.1, 0.15) is 5.75 Å². The fourth-order valence-corrected chi connectivity index (χ4v) is 4.73. The van der Waals surface area contributed by atoms with Crippen LogP contribution in [0.5, 0.6) is 5.75 Å². The van der Waals surface area contributed by atoms with E-state index in [1.807, 2.05) is 23.1 Å². The molecule has 1 spiro atoms. The topological polar surface area (TPSA) is 49.9 Å². The van der Waals surface area contributed by atoms with Gasteiger partial charge in [0.05, 0.1) is 18.1 Å². The number of methoxy groups -OCH3 is 1. The van der Waals surface area contributed by atoms with Gasteiger partial charge < -0.3 is 14.5 Å². The Morgan fingerprint density at radius 3 is 2.73 bits per heavy atom. The number of piperidine rings is 1. The molecule has 1 aromatic rings. The van der Waals surface area contributed by atoms with Gasteiger partial charge in [-0.1, -0.05) is 18.6 Å². The third-order valence-electron chi connectivity index (χ3n) is 6.51. The summed E-state index contributed by atoms with van der Waals surface area (Å²) in [4.78, 5) is 30.1. The SMILES string of the molecule is COc1ccccc1C(=O)N1CC[C@]2(CCCN(CC3CCC3)C2=O)C1. The second-order valence-electron chi connectivity index (χ2n) is 8.11. The van der Waals surface area contributed by atoms with E-state index in [-0.39, 0.29) is 17.2 Å². The maximum Gasteiger partial charge on any atom is 0.257 e. The molecule has 5 nitrogen and oxygen atoms in total. The van der Waals surface area contributed by atoms with Gasteiger partial charge in [-0.05, 0) is 50.2 Å². The summed E-state index contributed by atoms with van der Waals surface area (Å²) in [5.74, 6) is 1.55. The van der Waals surface area contributed by atoms with Crippen LogP contribution in [0.1, 0.15) is 48.9 Å². The molecule has 1 aromatic carbocycles. The van der Waals surface area contributed by atoms with Crippen molar-refractivity contribution in [1.29, 1.82) is 0 Å². The highest BCUT2D eigenvalue weighted by Crippen LogP contribution is 2.42. The monoisotopic (exact) mass is 356 g/mol. The fraction of sp³-hybridized carbons (Fsp3) is 0.619. The van der Waals surface area contributed by atoms with E-state index in [0.717, 1.165) is 32.4 Å². The van der Waals surface area contributed by atoms with E-state index in [2.05, 4.69) is 4.90 Å². The number of amides is 2. The van der Waals surface area contributed by atoms with Gasteiger partial charge in [-0.25, -0.2) is 0 Å². The van der Waals surface area contributed by atoms with Crippen molar-refractivity contribution >= 4 is 11.8 Å². The summed E-state index contributed by atoms with van der Waals surface area (Å²) < 4.78 is 5.34. The molecule has 0 aromatic heterocycles. The van der Waals surface area contributed by atoms with Crippen LogP contribution in [0.3, 0.4) is 0 Å². The minimum atomic E-state index is -0.361. The Balaban J connectivity index is 1.48. The van der Waals surface area contributed by atoms with Crippen LogP contribution in [-0.2, 0) is 4.79 Å². The van der Waals surface area contributed by atoms with Crippen LogP contribution in [0, 0.1) is 11.3 Å². The van der Waals surface area contributed by atoms with E-state index >= 15 is 0 Å². The molecule has 3 aliphatic rings. The molecule has 0 bridgehead atoms. The first-order valence-electron chi connectivity index (χ1n) is 9.85. The van der Waals surface area contributed by atoms with Gasteiger partial charge in [-0.2, -0.15) is 0 Å². The molecular weight excluding hydrogens is 328 g/mol. The van der Waals surface area contributed by atoms with Gasteiger partial charge in [0.25, 0.3) is 5.91 Å². The van der Waals surface area contributed by atoms with Crippen molar-refractivity contribution in [1.82, 2.24) is 9.80 Å². The molecule has 26 heavy (non-hydrogen) atoms. The van der Waals surface area contributed by atoms with Gasteiger partial charge in [-0.15, -0.1) is 0 Å². The number of hydrogen-bond donors (Lipinski definition) is 0. The van der Waals surface area contributed by atoms with Crippen molar-refractivity contribution in [2.24, 2.45) is 11.3 Å². The van der Waals surface area contributed by atoms with Crippen molar-refractivity contribution in [2.75, 3.05) is 33.3 Å². The van der Waals surface area contributed by atoms with E-state index in [1.165, 1.54) is 19.3 Å². The quantitative estimate of drug-likeness (QED) is 0.833. The van der Waals surface area contributed by atoms with Crippen molar-refractivity contribution in [3.8, 4) is 5.75 Å². The zero-order chi connectivity index (χ0) is 18.1. The Morgan fingerprint density at radius 1 is 1.19 bits per heavy atom. The van der Waals surface area contributed by atoms with Crippen molar-refractivity contribution in [3.63, 3.8) is 0 Å². The zero-order valence-corrected chi connectivity index (χ0v) is 15.6. The van der Waals surface area contributed by atoms with Gasteiger partial charge in [0.15, 0.2) is 0 Å². The predicted molar refractivity (Wildman–Crippen MR) is 99.1 cm³/mol. The maximum atomic E-state index is 13.2. The number of para-hydroxylation sites is 1. The molecule has 0 unspecified atom stereocenters. The third kappa shape index (κ3) is 2.97. The minimum Gasteiger partial charge on any atom is -0.496 e. The molecule has 1 atom stereocenters. The first-order valence-corrected chi connectivity index (χ1v) is 9.85. The largest absolute Gasteiger partial charge is 0.496 e. The van der Waals surface area contributed by atoms with Crippen LogP contribution in [-0.4, -0.2) is 54.9 Å². The Kier molecular flexibility index (Phi) is 4.63. The van der Waals surface area contributed by atoms with Crippen LogP contribution in [0.4, 0.5) is 0 Å². The first-order chi connectivity index (χ1) is 12.6. The number of ether oxygens (including phenoxy) is 1. The molecule has 1 saturated carbocycles. The van der Waals surface area contributed by atoms with Crippen molar-refractivity contribution < 1.29 is 14.3 Å². The minimum absolute atomic E-state index is 0.0248. The molecule has 2 amide bonds. The summed E-state index contributed by atoms with van der Waals surface area (Å²) in [6, 6.07) is 7.33. The van der Waals surface area contributed by atoms with E-state index in [9.17, 15) is 9.59 Å². The van der Waals surface area contributed by atoms with E-state index < -0.39 is 0 Å². The van der Waals surface area contributed by atoms with E-state index in [4.69, 9.17) is 4.74 Å². The van der Waals surface area contributed by atoms with Crippen molar-refractivity contribution in [3.05, 3.63) is 29.8 Å². The molecule has 2 heterocycles. The summed E-state index contributed by atoms with van der Waals surface area (Å²) in [5.41, 5.74) is 0.223. The highest BCUT2D eigenvalue weighted by molar-refractivity contribution is 5.98. The number of hydrogen-bond acceptors (Lipinski definition) is 3. The fourth-order valence-electron chi connectivity index (χ4n) is 4.73. The summed E-state index contributed by atoms with van der Waals surface area (Å²) in [6.07, 6.45) is 6.56. The summed E-state index contributed by atoms with van der Waals surface area (Å²) in [5, 5.41) is 0. The third-order valence-corrected chi connectivity index (χ3v) is 6.51. The zero-order valence-electron chi connectivity index (χ0n) is 15.6. The second-order valence-corrected chi connectivity index (χ2v) is 8.11. The van der Waals surface area contributed by atoms with Crippen molar-refractivity contribution in [2.45, 2.75) is 38.5 Å².